The number of aryl methyl sites for hydroxylation is 1. The molecule has 106 valence electrons. The molecule has 7 heteroatoms. The van der Waals surface area contributed by atoms with E-state index in [2.05, 4.69) is 4.72 Å². The van der Waals surface area contributed by atoms with Gasteiger partial charge in [-0.15, -0.1) is 11.3 Å². The third-order valence-corrected chi connectivity index (χ3v) is 5.38. The molecular weight excluding hydrogens is 298 g/mol. The van der Waals surface area contributed by atoms with Gasteiger partial charge in [-0.1, -0.05) is 30.3 Å². The number of aromatic carboxylic acids is 1. The van der Waals surface area contributed by atoms with E-state index in [1.165, 1.54) is 6.07 Å². The van der Waals surface area contributed by atoms with Gasteiger partial charge in [0.25, 0.3) is 0 Å². The summed E-state index contributed by atoms with van der Waals surface area (Å²) < 4.78 is 26.8. The Morgan fingerprint density at radius 1 is 1.30 bits per heavy atom. The molecule has 1 heterocycles. The van der Waals surface area contributed by atoms with Gasteiger partial charge in [0.15, 0.2) is 0 Å². The molecule has 0 radical (unpaired) electrons. The number of nitrogens with one attached hydrogen (secondary N) is 1. The maximum Gasteiger partial charge on any atom is 0.345 e. The van der Waals surface area contributed by atoms with Crippen LogP contribution < -0.4 is 4.72 Å². The number of thiophene rings is 1. The van der Waals surface area contributed by atoms with Crippen molar-refractivity contribution in [2.24, 2.45) is 0 Å². The van der Waals surface area contributed by atoms with Gasteiger partial charge in [0, 0.05) is 11.4 Å². The number of rotatable bonds is 5. The minimum atomic E-state index is -3.70. The van der Waals surface area contributed by atoms with Crippen molar-refractivity contribution in [3.05, 3.63) is 51.7 Å². The van der Waals surface area contributed by atoms with Crippen LogP contribution in [0.25, 0.3) is 0 Å². The first kappa shape index (κ1) is 14.7. The molecule has 20 heavy (non-hydrogen) atoms. The number of benzene rings is 1. The average molecular weight is 311 g/mol. The molecule has 0 spiro atoms. The molecule has 0 aliphatic heterocycles. The van der Waals surface area contributed by atoms with Crippen LogP contribution in [0.5, 0.6) is 0 Å². The summed E-state index contributed by atoms with van der Waals surface area (Å²) in [5, 5.41) is 8.89. The molecule has 2 rings (SSSR count). The van der Waals surface area contributed by atoms with Crippen LogP contribution in [0.2, 0.25) is 0 Å². The Balaban J connectivity index is 2.20. The molecule has 1 aromatic heterocycles. The van der Waals surface area contributed by atoms with E-state index in [-0.39, 0.29) is 16.3 Å². The van der Waals surface area contributed by atoms with Crippen molar-refractivity contribution in [1.29, 1.82) is 0 Å². The van der Waals surface area contributed by atoms with Crippen LogP contribution in [0.15, 0.2) is 41.3 Å². The smallest absolute Gasteiger partial charge is 0.345 e. The van der Waals surface area contributed by atoms with Gasteiger partial charge in [-0.05, 0) is 18.6 Å². The highest BCUT2D eigenvalue weighted by Gasteiger charge is 2.21. The standard InChI is InChI=1S/C13H13NO4S2/c1-9-12(7-11(19-9)13(15)16)20(17,18)14-8-10-5-3-2-4-6-10/h2-7,14H,8H2,1H3,(H,15,16). The first-order valence-electron chi connectivity index (χ1n) is 5.77. The summed E-state index contributed by atoms with van der Waals surface area (Å²) in [5.74, 6) is -1.12. The topological polar surface area (TPSA) is 83.5 Å². The Hall–Kier alpha value is -1.70. The predicted octanol–water partition coefficient (Wildman–Crippen LogP) is 2.23. The molecule has 0 aliphatic carbocycles. The van der Waals surface area contributed by atoms with Crippen molar-refractivity contribution in [3.63, 3.8) is 0 Å². The molecule has 0 atom stereocenters. The van der Waals surface area contributed by atoms with Crippen LogP contribution in [0.4, 0.5) is 0 Å². The zero-order valence-electron chi connectivity index (χ0n) is 10.7. The van der Waals surface area contributed by atoms with Crippen LogP contribution in [0, 0.1) is 6.92 Å². The summed E-state index contributed by atoms with van der Waals surface area (Å²) in [5.41, 5.74) is 0.836. The summed E-state index contributed by atoms with van der Waals surface area (Å²) in [7, 11) is -3.70. The third-order valence-electron chi connectivity index (χ3n) is 2.68. The van der Waals surface area contributed by atoms with Crippen LogP contribution in [-0.2, 0) is 16.6 Å². The zero-order valence-corrected chi connectivity index (χ0v) is 12.3. The third kappa shape index (κ3) is 3.24. The second-order valence-corrected chi connectivity index (χ2v) is 7.14. The summed E-state index contributed by atoms with van der Waals surface area (Å²) in [4.78, 5) is 11.4. The fraction of sp³-hybridized carbons (Fsp3) is 0.154. The normalized spacial score (nSPS) is 11.4. The van der Waals surface area contributed by atoms with Gasteiger partial charge in [0.05, 0.1) is 4.90 Å². The van der Waals surface area contributed by atoms with Gasteiger partial charge in [-0.2, -0.15) is 0 Å². The lowest BCUT2D eigenvalue weighted by molar-refractivity contribution is 0.0702. The fourth-order valence-corrected chi connectivity index (χ4v) is 4.14. The van der Waals surface area contributed by atoms with E-state index < -0.39 is 16.0 Å². The van der Waals surface area contributed by atoms with E-state index in [1.807, 2.05) is 30.3 Å². The van der Waals surface area contributed by atoms with Gasteiger partial charge in [0.1, 0.15) is 4.88 Å². The van der Waals surface area contributed by atoms with Crippen molar-refractivity contribution < 1.29 is 18.3 Å². The predicted molar refractivity (Wildman–Crippen MR) is 76.5 cm³/mol. The maximum atomic E-state index is 12.2. The van der Waals surface area contributed by atoms with Crippen molar-refractivity contribution in [2.75, 3.05) is 0 Å². The van der Waals surface area contributed by atoms with Gasteiger partial charge in [0.2, 0.25) is 10.0 Å². The molecule has 0 fully saturated rings. The molecule has 2 N–H and O–H groups in total. The number of hydrogen-bond acceptors (Lipinski definition) is 4. The first-order valence-corrected chi connectivity index (χ1v) is 8.07. The monoisotopic (exact) mass is 311 g/mol. The van der Waals surface area contributed by atoms with Crippen molar-refractivity contribution >= 4 is 27.3 Å². The lowest BCUT2D eigenvalue weighted by atomic mass is 10.2. The van der Waals surface area contributed by atoms with Crippen LogP contribution in [-0.4, -0.2) is 19.5 Å². The van der Waals surface area contributed by atoms with E-state index in [4.69, 9.17) is 5.11 Å². The number of hydrogen-bond donors (Lipinski definition) is 2. The molecule has 0 saturated heterocycles. The number of carbonyl (C=O) groups is 1. The molecule has 0 unspecified atom stereocenters. The fourth-order valence-electron chi connectivity index (χ4n) is 1.69. The van der Waals surface area contributed by atoms with Crippen molar-refractivity contribution in [3.8, 4) is 0 Å². The highest BCUT2D eigenvalue weighted by Crippen LogP contribution is 2.25. The van der Waals surface area contributed by atoms with Gasteiger partial charge >= 0.3 is 5.97 Å². The van der Waals surface area contributed by atoms with Crippen molar-refractivity contribution in [1.82, 2.24) is 4.72 Å². The molecule has 0 saturated carbocycles. The van der Waals surface area contributed by atoms with E-state index in [9.17, 15) is 13.2 Å². The highest BCUT2D eigenvalue weighted by molar-refractivity contribution is 7.89. The number of sulfonamides is 1. The maximum absolute atomic E-state index is 12.2. The lowest BCUT2D eigenvalue weighted by Crippen LogP contribution is -2.23. The summed E-state index contributed by atoms with van der Waals surface area (Å²) in [6, 6.07) is 10.3. The van der Waals surface area contributed by atoms with Gasteiger partial charge < -0.3 is 5.11 Å². The molecule has 0 bridgehead atoms. The van der Waals surface area contributed by atoms with Crippen LogP contribution in [0.3, 0.4) is 0 Å². The lowest BCUT2D eigenvalue weighted by Gasteiger charge is -2.06. The van der Waals surface area contributed by atoms with Crippen LogP contribution >= 0.6 is 11.3 Å². The Labute approximate surface area is 120 Å². The van der Waals surface area contributed by atoms with Crippen LogP contribution in [0.1, 0.15) is 20.1 Å². The van der Waals surface area contributed by atoms with Gasteiger partial charge in [-0.25, -0.2) is 17.9 Å². The zero-order chi connectivity index (χ0) is 14.8. The molecule has 0 aliphatic rings. The quantitative estimate of drug-likeness (QED) is 0.887. The van der Waals surface area contributed by atoms with Crippen molar-refractivity contribution in [2.45, 2.75) is 18.4 Å². The Bertz CT molecular complexity index is 720. The molecule has 5 nitrogen and oxygen atoms in total. The summed E-state index contributed by atoms with van der Waals surface area (Å²) in [6.45, 7) is 1.76. The Morgan fingerprint density at radius 3 is 2.50 bits per heavy atom. The SMILES string of the molecule is Cc1sc(C(=O)O)cc1S(=O)(=O)NCc1ccccc1. The second-order valence-electron chi connectivity index (χ2n) is 4.15. The second kappa shape index (κ2) is 5.74. The van der Waals surface area contributed by atoms with E-state index >= 15 is 0 Å². The minimum absolute atomic E-state index is 0.0163. The highest BCUT2D eigenvalue weighted by atomic mass is 32.2. The minimum Gasteiger partial charge on any atom is -0.477 e. The first-order chi connectivity index (χ1) is 9.40. The largest absolute Gasteiger partial charge is 0.477 e. The van der Waals surface area contributed by atoms with E-state index in [1.54, 1.807) is 6.92 Å². The average Bonchev–Trinajstić information content (AvgIpc) is 2.81. The van der Waals surface area contributed by atoms with E-state index in [0.29, 0.717) is 4.88 Å². The molecular formula is C13H13NO4S2. The number of carboxylic acid groups (broad SMARTS) is 1. The van der Waals surface area contributed by atoms with E-state index in [0.717, 1.165) is 16.9 Å². The molecule has 2 aromatic rings. The molecule has 0 amide bonds. The Morgan fingerprint density at radius 2 is 1.95 bits per heavy atom. The van der Waals surface area contributed by atoms with Gasteiger partial charge in [-0.3, -0.25) is 0 Å². The summed E-state index contributed by atoms with van der Waals surface area (Å²) in [6.07, 6.45) is 0. The molecule has 1 aromatic carbocycles. The summed E-state index contributed by atoms with van der Waals surface area (Å²) >= 11 is 0.952. The Kier molecular flexibility index (Phi) is 4.22. The number of carboxylic acids is 1.